The van der Waals surface area contributed by atoms with Crippen LogP contribution in [0.1, 0.15) is 30.1 Å². The molecular weight excluding hydrogens is 306 g/mol. The van der Waals surface area contributed by atoms with Crippen molar-refractivity contribution in [3.63, 3.8) is 0 Å². The summed E-state index contributed by atoms with van der Waals surface area (Å²) in [5.41, 5.74) is 1.96. The summed E-state index contributed by atoms with van der Waals surface area (Å²) < 4.78 is 5.38. The lowest BCUT2D eigenvalue weighted by Crippen LogP contribution is -2.46. The molecule has 6 heteroatoms. The third-order valence-electron chi connectivity index (χ3n) is 5.06. The highest BCUT2D eigenvalue weighted by atomic mass is 16.5. The Kier molecular flexibility index (Phi) is 5.26. The molecule has 2 amide bonds. The maximum atomic E-state index is 11.8. The molecule has 0 saturated carbocycles. The SMILES string of the molecule is COc1ccc(C)cc1[C@@H](O)CN1CCC(N2CCNC2=O)CC1. The number of urea groups is 1. The molecule has 0 radical (unpaired) electrons. The van der Waals surface area contributed by atoms with Crippen molar-refractivity contribution in [3.8, 4) is 5.75 Å². The van der Waals surface area contributed by atoms with E-state index in [0.29, 0.717) is 12.6 Å². The van der Waals surface area contributed by atoms with Gasteiger partial charge in [-0.1, -0.05) is 11.6 Å². The van der Waals surface area contributed by atoms with E-state index in [-0.39, 0.29) is 6.03 Å². The number of hydrogen-bond acceptors (Lipinski definition) is 4. The van der Waals surface area contributed by atoms with Gasteiger partial charge in [-0.3, -0.25) is 0 Å². The number of β-amino-alcohol motifs (C(OH)–C–C–N with tert-alkyl or cyclic N) is 1. The molecule has 0 aromatic heterocycles. The summed E-state index contributed by atoms with van der Waals surface area (Å²) in [4.78, 5) is 16.0. The van der Waals surface area contributed by atoms with Gasteiger partial charge < -0.3 is 25.0 Å². The van der Waals surface area contributed by atoms with Gasteiger partial charge in [0.2, 0.25) is 0 Å². The lowest BCUT2D eigenvalue weighted by atomic mass is 10.0. The molecule has 2 aliphatic rings. The Morgan fingerprint density at radius 2 is 2.08 bits per heavy atom. The van der Waals surface area contributed by atoms with E-state index in [1.54, 1.807) is 7.11 Å². The summed E-state index contributed by atoms with van der Waals surface area (Å²) in [6.45, 7) is 5.98. The Hall–Kier alpha value is -1.79. The van der Waals surface area contributed by atoms with Gasteiger partial charge in [0.25, 0.3) is 0 Å². The summed E-state index contributed by atoms with van der Waals surface area (Å²) in [5, 5.41) is 13.5. The molecule has 3 rings (SSSR count). The lowest BCUT2D eigenvalue weighted by molar-refractivity contribution is 0.0782. The normalized spacial score (nSPS) is 21.0. The van der Waals surface area contributed by atoms with Gasteiger partial charge in [-0.15, -0.1) is 0 Å². The van der Waals surface area contributed by atoms with Gasteiger partial charge in [0.05, 0.1) is 13.2 Å². The number of nitrogens with one attached hydrogen (secondary N) is 1. The Morgan fingerprint density at radius 3 is 2.71 bits per heavy atom. The minimum atomic E-state index is -0.563. The van der Waals surface area contributed by atoms with E-state index in [9.17, 15) is 9.90 Å². The second kappa shape index (κ2) is 7.40. The van der Waals surface area contributed by atoms with Crippen LogP contribution in [0.4, 0.5) is 4.79 Å². The lowest BCUT2D eigenvalue weighted by Gasteiger charge is -2.37. The summed E-state index contributed by atoms with van der Waals surface area (Å²) in [6, 6.07) is 6.28. The van der Waals surface area contributed by atoms with Gasteiger partial charge in [-0.05, 0) is 31.9 Å². The van der Waals surface area contributed by atoms with E-state index in [2.05, 4.69) is 10.2 Å². The van der Waals surface area contributed by atoms with Crippen LogP contribution in [0.15, 0.2) is 18.2 Å². The summed E-state index contributed by atoms with van der Waals surface area (Å²) in [7, 11) is 1.63. The number of hydrogen-bond donors (Lipinski definition) is 2. The van der Waals surface area contributed by atoms with Crippen LogP contribution < -0.4 is 10.1 Å². The predicted octanol–water partition coefficient (Wildman–Crippen LogP) is 1.53. The maximum absolute atomic E-state index is 11.8. The summed E-state index contributed by atoms with van der Waals surface area (Å²) >= 11 is 0. The molecular formula is C18H27N3O3. The number of aryl methyl sites for hydroxylation is 1. The third kappa shape index (κ3) is 3.65. The monoisotopic (exact) mass is 333 g/mol. The van der Waals surface area contributed by atoms with Crippen molar-refractivity contribution in [2.24, 2.45) is 0 Å². The highest BCUT2D eigenvalue weighted by Crippen LogP contribution is 2.28. The van der Waals surface area contributed by atoms with Crippen molar-refractivity contribution in [2.75, 3.05) is 39.8 Å². The number of amides is 2. The zero-order valence-electron chi connectivity index (χ0n) is 14.5. The highest BCUT2D eigenvalue weighted by molar-refractivity contribution is 5.76. The first-order chi connectivity index (χ1) is 11.6. The van der Waals surface area contributed by atoms with Crippen LogP contribution in [-0.2, 0) is 0 Å². The minimum absolute atomic E-state index is 0.0676. The Morgan fingerprint density at radius 1 is 1.33 bits per heavy atom. The molecule has 0 bridgehead atoms. The van der Waals surface area contributed by atoms with E-state index in [1.807, 2.05) is 30.0 Å². The van der Waals surface area contributed by atoms with Gasteiger partial charge in [0.15, 0.2) is 0 Å². The molecule has 2 fully saturated rings. The zero-order chi connectivity index (χ0) is 17.1. The molecule has 2 N–H and O–H groups in total. The molecule has 1 atom stereocenters. The van der Waals surface area contributed by atoms with Crippen LogP contribution in [-0.4, -0.2) is 66.8 Å². The second-order valence-electron chi connectivity index (χ2n) is 6.72. The average Bonchev–Trinajstić information content (AvgIpc) is 3.01. The molecule has 0 unspecified atom stereocenters. The van der Waals surface area contributed by atoms with Crippen LogP contribution in [0.5, 0.6) is 5.75 Å². The molecule has 0 aliphatic carbocycles. The summed E-state index contributed by atoms with van der Waals surface area (Å²) in [5.74, 6) is 0.733. The number of aliphatic hydroxyl groups is 1. The number of benzene rings is 1. The van der Waals surface area contributed by atoms with Crippen LogP contribution in [0.3, 0.4) is 0 Å². The smallest absolute Gasteiger partial charge is 0.317 e. The molecule has 132 valence electrons. The number of methoxy groups -OCH3 is 1. The number of likely N-dealkylation sites (tertiary alicyclic amines) is 1. The van der Waals surface area contributed by atoms with Gasteiger partial charge in [0.1, 0.15) is 5.75 Å². The quantitative estimate of drug-likeness (QED) is 0.858. The molecule has 24 heavy (non-hydrogen) atoms. The van der Waals surface area contributed by atoms with E-state index >= 15 is 0 Å². The van der Waals surface area contributed by atoms with Crippen LogP contribution >= 0.6 is 0 Å². The van der Waals surface area contributed by atoms with Crippen molar-refractivity contribution in [3.05, 3.63) is 29.3 Å². The first kappa shape index (κ1) is 17.0. The molecule has 2 aliphatic heterocycles. The molecule has 1 aromatic carbocycles. The van der Waals surface area contributed by atoms with Crippen molar-refractivity contribution >= 4 is 6.03 Å². The fourth-order valence-corrected chi connectivity index (χ4v) is 3.71. The maximum Gasteiger partial charge on any atom is 0.317 e. The average molecular weight is 333 g/mol. The molecule has 0 spiro atoms. The van der Waals surface area contributed by atoms with E-state index in [4.69, 9.17) is 4.74 Å². The number of rotatable bonds is 5. The molecule has 6 nitrogen and oxygen atoms in total. The van der Waals surface area contributed by atoms with Crippen LogP contribution in [0, 0.1) is 6.92 Å². The predicted molar refractivity (Wildman–Crippen MR) is 92.3 cm³/mol. The van der Waals surface area contributed by atoms with E-state index in [1.165, 1.54) is 0 Å². The Labute approximate surface area is 143 Å². The fraction of sp³-hybridized carbons (Fsp3) is 0.611. The molecule has 2 saturated heterocycles. The first-order valence-corrected chi connectivity index (χ1v) is 8.68. The number of aliphatic hydroxyl groups excluding tert-OH is 1. The van der Waals surface area contributed by atoms with Gasteiger partial charge in [-0.2, -0.15) is 0 Å². The standard InChI is InChI=1S/C18H27N3O3/c1-13-3-4-17(24-2)15(11-13)16(22)12-20-8-5-14(6-9-20)21-10-7-19-18(21)23/h3-4,11,14,16,22H,5-10,12H2,1-2H3,(H,19,23)/t16-/m0/s1. The van der Waals surface area contributed by atoms with E-state index < -0.39 is 6.10 Å². The molecule has 1 aromatic rings. The Balaban J connectivity index is 1.56. The van der Waals surface area contributed by atoms with Crippen molar-refractivity contribution in [2.45, 2.75) is 31.9 Å². The molecule has 2 heterocycles. The van der Waals surface area contributed by atoms with Crippen molar-refractivity contribution in [1.29, 1.82) is 0 Å². The number of nitrogens with zero attached hydrogens (tertiary/aromatic N) is 2. The summed E-state index contributed by atoms with van der Waals surface area (Å²) in [6.07, 6.45) is 1.36. The number of piperidine rings is 1. The van der Waals surface area contributed by atoms with Crippen LogP contribution in [0.2, 0.25) is 0 Å². The number of ether oxygens (including phenoxy) is 1. The number of carbonyl (C=O) groups is 1. The fourth-order valence-electron chi connectivity index (χ4n) is 3.71. The van der Waals surface area contributed by atoms with Crippen LogP contribution in [0.25, 0.3) is 0 Å². The number of carbonyl (C=O) groups excluding carboxylic acids is 1. The zero-order valence-corrected chi connectivity index (χ0v) is 14.5. The first-order valence-electron chi connectivity index (χ1n) is 8.68. The highest BCUT2D eigenvalue weighted by Gasteiger charge is 2.31. The van der Waals surface area contributed by atoms with Gasteiger partial charge >= 0.3 is 6.03 Å². The Bertz CT molecular complexity index is 585. The third-order valence-corrected chi connectivity index (χ3v) is 5.06. The topological polar surface area (TPSA) is 65.0 Å². The van der Waals surface area contributed by atoms with Gasteiger partial charge in [0, 0.05) is 44.3 Å². The van der Waals surface area contributed by atoms with Gasteiger partial charge in [-0.25, -0.2) is 4.79 Å². The second-order valence-corrected chi connectivity index (χ2v) is 6.72. The van der Waals surface area contributed by atoms with E-state index in [0.717, 1.165) is 55.9 Å². The largest absolute Gasteiger partial charge is 0.496 e. The minimum Gasteiger partial charge on any atom is -0.496 e. The van der Waals surface area contributed by atoms with Crippen molar-refractivity contribution in [1.82, 2.24) is 15.1 Å². The van der Waals surface area contributed by atoms with Crippen molar-refractivity contribution < 1.29 is 14.6 Å².